The van der Waals surface area contributed by atoms with E-state index in [1.54, 1.807) is 23.0 Å². The minimum atomic E-state index is -0.476. The fourth-order valence-electron chi connectivity index (χ4n) is 2.02. The topological polar surface area (TPSA) is 65.4 Å². The smallest absolute Gasteiger partial charge is 0.141 e. The van der Waals surface area contributed by atoms with Crippen molar-refractivity contribution in [1.82, 2.24) is 9.78 Å². The molecule has 0 amide bonds. The summed E-state index contributed by atoms with van der Waals surface area (Å²) < 4.78 is 14.9. The van der Waals surface area contributed by atoms with Crippen LogP contribution in [0, 0.1) is 34.4 Å². The van der Waals surface area contributed by atoms with Crippen molar-refractivity contribution in [2.75, 3.05) is 0 Å². The summed E-state index contributed by atoms with van der Waals surface area (Å²) in [5.74, 6) is -0.769. The fraction of sp³-hybridized carbons (Fsp3) is 0.267. The number of rotatable bonds is 5. The van der Waals surface area contributed by atoms with E-state index in [4.69, 9.17) is 22.1 Å². The predicted molar refractivity (Wildman–Crippen MR) is 76.6 cm³/mol. The molecule has 0 N–H and O–H groups in total. The highest BCUT2D eigenvalue weighted by Gasteiger charge is 2.13. The van der Waals surface area contributed by atoms with Crippen molar-refractivity contribution in [1.29, 1.82) is 10.5 Å². The molecule has 106 valence electrons. The van der Waals surface area contributed by atoms with Gasteiger partial charge in [-0.25, -0.2) is 4.39 Å². The highest BCUT2D eigenvalue weighted by Crippen LogP contribution is 2.25. The number of halogens is 2. The van der Waals surface area contributed by atoms with E-state index >= 15 is 0 Å². The summed E-state index contributed by atoms with van der Waals surface area (Å²) >= 11 is 5.79. The Morgan fingerprint density at radius 3 is 2.81 bits per heavy atom. The lowest BCUT2D eigenvalue weighted by Crippen LogP contribution is -2.11. The van der Waals surface area contributed by atoms with Gasteiger partial charge in [-0.3, -0.25) is 4.68 Å². The van der Waals surface area contributed by atoms with Gasteiger partial charge < -0.3 is 0 Å². The van der Waals surface area contributed by atoms with Gasteiger partial charge in [-0.1, -0.05) is 11.6 Å². The van der Waals surface area contributed by atoms with Gasteiger partial charge in [0.15, 0.2) is 0 Å². The van der Waals surface area contributed by atoms with Crippen LogP contribution in [0.1, 0.15) is 12.8 Å². The number of hydrogen-bond acceptors (Lipinski definition) is 3. The number of benzene rings is 1. The van der Waals surface area contributed by atoms with E-state index in [1.165, 1.54) is 12.1 Å². The van der Waals surface area contributed by atoms with Gasteiger partial charge >= 0.3 is 0 Å². The monoisotopic (exact) mass is 302 g/mol. The first-order chi connectivity index (χ1) is 10.2. The maximum atomic E-state index is 13.2. The van der Waals surface area contributed by atoms with Gasteiger partial charge in [0.2, 0.25) is 0 Å². The first kappa shape index (κ1) is 15.0. The molecule has 0 saturated heterocycles. The highest BCUT2D eigenvalue weighted by atomic mass is 35.5. The van der Waals surface area contributed by atoms with E-state index in [1.807, 2.05) is 6.07 Å². The Morgan fingerprint density at radius 1 is 1.33 bits per heavy atom. The summed E-state index contributed by atoms with van der Waals surface area (Å²) in [6.07, 6.45) is 2.44. The summed E-state index contributed by atoms with van der Waals surface area (Å²) in [4.78, 5) is 0. The Hall–Kier alpha value is -2.37. The van der Waals surface area contributed by atoms with Crippen LogP contribution in [0.5, 0.6) is 0 Å². The highest BCUT2D eigenvalue weighted by molar-refractivity contribution is 6.31. The fourth-order valence-corrected chi connectivity index (χ4v) is 2.20. The Labute approximate surface area is 127 Å². The lowest BCUT2D eigenvalue weighted by atomic mass is 10.1. The molecule has 0 bridgehead atoms. The van der Waals surface area contributed by atoms with Crippen molar-refractivity contribution >= 4 is 11.6 Å². The van der Waals surface area contributed by atoms with E-state index in [0.717, 1.165) is 11.3 Å². The largest absolute Gasteiger partial charge is 0.264 e. The minimum Gasteiger partial charge on any atom is -0.264 e. The minimum absolute atomic E-state index is 0.0431. The molecule has 0 spiro atoms. The molecule has 1 aromatic heterocycles. The van der Waals surface area contributed by atoms with E-state index in [2.05, 4.69) is 11.2 Å². The number of nitrogens with zero attached hydrogens (tertiary/aromatic N) is 4. The van der Waals surface area contributed by atoms with Crippen LogP contribution in [0.4, 0.5) is 4.39 Å². The summed E-state index contributed by atoms with van der Waals surface area (Å²) in [6.45, 7) is 0.384. The zero-order valence-electron chi connectivity index (χ0n) is 11.1. The lowest BCUT2D eigenvalue weighted by molar-refractivity contribution is 0.480. The molecule has 2 rings (SSSR count). The molecule has 0 unspecified atom stereocenters. The van der Waals surface area contributed by atoms with Gasteiger partial charge in [-0.05, 0) is 30.7 Å². The Morgan fingerprint density at radius 2 is 2.14 bits per heavy atom. The molecule has 0 aliphatic heterocycles. The molecule has 0 aliphatic rings. The third kappa shape index (κ3) is 3.59. The Balaban J connectivity index is 2.24. The van der Waals surface area contributed by atoms with Gasteiger partial charge in [0, 0.05) is 18.2 Å². The van der Waals surface area contributed by atoms with Crippen LogP contribution in [-0.2, 0) is 6.54 Å². The summed E-state index contributed by atoms with van der Waals surface area (Å²) in [5.41, 5.74) is 1.49. The lowest BCUT2D eigenvalue weighted by Gasteiger charge is -2.11. The second kappa shape index (κ2) is 6.88. The summed E-state index contributed by atoms with van der Waals surface area (Å²) in [5, 5.41) is 21.9. The molecular formula is C15H12ClFN4. The van der Waals surface area contributed by atoms with Gasteiger partial charge in [-0.2, -0.15) is 15.6 Å². The standard InChI is InChI=1S/C15H12ClFN4/c16-13-8-12(3-4-14(13)17)15-5-7-20-21(15)10-11(9-19)2-1-6-18/h3-5,7-8,11H,1-2,10H2/t11-/m1/s1. The molecule has 0 aliphatic carbocycles. The molecule has 21 heavy (non-hydrogen) atoms. The molecule has 1 aromatic carbocycles. The van der Waals surface area contributed by atoms with Crippen LogP contribution in [0.25, 0.3) is 11.3 Å². The van der Waals surface area contributed by atoms with Crippen LogP contribution in [-0.4, -0.2) is 9.78 Å². The second-order valence-corrected chi connectivity index (χ2v) is 4.96. The zero-order chi connectivity index (χ0) is 15.2. The van der Waals surface area contributed by atoms with Gasteiger partial charge in [-0.15, -0.1) is 0 Å². The number of hydrogen-bond donors (Lipinski definition) is 0. The van der Waals surface area contributed by atoms with Crippen LogP contribution in [0.3, 0.4) is 0 Å². The average molecular weight is 303 g/mol. The van der Waals surface area contributed by atoms with Crippen LogP contribution in [0.2, 0.25) is 5.02 Å². The van der Waals surface area contributed by atoms with Crippen LogP contribution >= 0.6 is 11.6 Å². The van der Waals surface area contributed by atoms with E-state index in [9.17, 15) is 4.39 Å². The van der Waals surface area contributed by atoms with Crippen LogP contribution < -0.4 is 0 Å². The van der Waals surface area contributed by atoms with Crippen molar-refractivity contribution < 1.29 is 4.39 Å². The van der Waals surface area contributed by atoms with E-state index < -0.39 is 5.82 Å². The predicted octanol–water partition coefficient (Wildman–Crippen LogP) is 3.79. The summed E-state index contributed by atoms with van der Waals surface area (Å²) in [6, 6.07) is 10.4. The maximum absolute atomic E-state index is 13.2. The molecule has 4 nitrogen and oxygen atoms in total. The Kier molecular flexibility index (Phi) is 4.92. The molecule has 0 fully saturated rings. The maximum Gasteiger partial charge on any atom is 0.141 e. The van der Waals surface area contributed by atoms with Crippen molar-refractivity contribution in [2.24, 2.45) is 5.92 Å². The van der Waals surface area contributed by atoms with Gasteiger partial charge in [0.25, 0.3) is 0 Å². The molecular weight excluding hydrogens is 291 g/mol. The van der Waals surface area contributed by atoms with Crippen molar-refractivity contribution in [3.63, 3.8) is 0 Å². The average Bonchev–Trinajstić information content (AvgIpc) is 2.94. The van der Waals surface area contributed by atoms with Crippen molar-refractivity contribution in [3.8, 4) is 23.4 Å². The van der Waals surface area contributed by atoms with E-state index in [-0.39, 0.29) is 10.9 Å². The molecule has 1 atom stereocenters. The quantitative estimate of drug-likeness (QED) is 0.844. The second-order valence-electron chi connectivity index (χ2n) is 4.55. The normalized spacial score (nSPS) is 11.6. The molecule has 0 saturated carbocycles. The SMILES string of the molecule is N#CCC[C@H](C#N)Cn1nccc1-c1ccc(F)c(Cl)c1. The van der Waals surface area contributed by atoms with Crippen molar-refractivity contribution in [3.05, 3.63) is 41.3 Å². The third-order valence-corrected chi connectivity index (χ3v) is 3.40. The summed E-state index contributed by atoms with van der Waals surface area (Å²) in [7, 11) is 0. The molecule has 0 radical (unpaired) electrons. The molecule has 2 aromatic rings. The third-order valence-electron chi connectivity index (χ3n) is 3.11. The van der Waals surface area contributed by atoms with E-state index in [0.29, 0.717) is 19.4 Å². The van der Waals surface area contributed by atoms with Crippen LogP contribution in [0.15, 0.2) is 30.5 Å². The molecule has 1 heterocycles. The first-order valence-corrected chi connectivity index (χ1v) is 6.77. The van der Waals surface area contributed by atoms with Crippen molar-refractivity contribution in [2.45, 2.75) is 19.4 Å². The zero-order valence-corrected chi connectivity index (χ0v) is 11.9. The number of nitriles is 2. The number of aromatic nitrogens is 2. The Bertz CT molecular complexity index is 711. The first-order valence-electron chi connectivity index (χ1n) is 6.39. The van der Waals surface area contributed by atoms with Gasteiger partial charge in [0.1, 0.15) is 5.82 Å². The van der Waals surface area contributed by atoms with Gasteiger partial charge in [0.05, 0.1) is 35.3 Å². The molecule has 6 heteroatoms.